The van der Waals surface area contributed by atoms with Gasteiger partial charge in [-0.05, 0) is 17.7 Å². The van der Waals surface area contributed by atoms with Gasteiger partial charge in [-0.25, -0.2) is 8.42 Å². The highest BCUT2D eigenvalue weighted by molar-refractivity contribution is 7.90. The molecule has 1 aromatic carbocycles. The summed E-state index contributed by atoms with van der Waals surface area (Å²) in [7, 11) is -4.05. The van der Waals surface area contributed by atoms with Crippen molar-refractivity contribution in [3.05, 3.63) is 45.1 Å². The number of alkyl halides is 3. The van der Waals surface area contributed by atoms with Crippen LogP contribution in [0.4, 0.5) is 13.2 Å². The topological polar surface area (TPSA) is 77.3 Å². The first-order valence-electron chi connectivity index (χ1n) is 5.17. The van der Waals surface area contributed by atoms with Crippen LogP contribution in [-0.4, -0.2) is 19.6 Å². The summed E-state index contributed by atoms with van der Waals surface area (Å²) in [4.78, 5) is 8.82. The zero-order chi connectivity index (χ0) is 15.7. The van der Waals surface area contributed by atoms with Crippen molar-refractivity contribution >= 4 is 15.9 Å². The zero-order valence-electron chi connectivity index (χ0n) is 10.4. The Hall–Kier alpha value is -1.90. The molecule has 0 amide bonds. The molecule has 0 saturated heterocycles. The van der Waals surface area contributed by atoms with Crippen LogP contribution >= 0.6 is 0 Å². The van der Waals surface area contributed by atoms with Gasteiger partial charge in [0.2, 0.25) is 5.70 Å². The number of hydrogen-bond donors (Lipinski definition) is 0. The normalized spacial score (nSPS) is 13.3. The first kappa shape index (κ1) is 16.2. The number of allylic oxidation sites excluding steroid dienone is 1. The molecule has 0 spiro atoms. The Morgan fingerprint density at radius 3 is 2.30 bits per heavy atom. The highest BCUT2D eigenvalue weighted by Crippen LogP contribution is 2.35. The Kier molecular flexibility index (Phi) is 4.23. The van der Waals surface area contributed by atoms with E-state index >= 15 is 0 Å². The molecule has 0 saturated carbocycles. The molecular weight excluding hydrogens is 299 g/mol. The van der Waals surface area contributed by atoms with Gasteiger partial charge in [-0.15, -0.1) is 0 Å². The minimum Gasteiger partial charge on any atom is -0.259 e. The Labute approximate surface area is 112 Å². The second kappa shape index (κ2) is 5.23. The van der Waals surface area contributed by atoms with Crippen LogP contribution < -0.4 is 0 Å². The summed E-state index contributed by atoms with van der Waals surface area (Å²) < 4.78 is 61.1. The van der Waals surface area contributed by atoms with Crippen LogP contribution in [0.5, 0.6) is 0 Å². The summed E-state index contributed by atoms with van der Waals surface area (Å²) in [6.07, 6.45) is -3.28. The molecule has 5 nitrogen and oxygen atoms in total. The van der Waals surface area contributed by atoms with E-state index in [4.69, 9.17) is 0 Å². The predicted octanol–water partition coefficient (Wildman–Crippen LogP) is 2.75. The van der Waals surface area contributed by atoms with Crippen molar-refractivity contribution in [1.29, 1.82) is 0 Å². The van der Waals surface area contributed by atoms with Crippen LogP contribution in [0.15, 0.2) is 28.8 Å². The minimum atomic E-state index is -4.87. The highest BCUT2D eigenvalue weighted by Gasteiger charge is 2.36. The average Bonchev–Trinajstić information content (AvgIpc) is 2.26. The van der Waals surface area contributed by atoms with Crippen LogP contribution in [0.25, 0.3) is 6.08 Å². The summed E-state index contributed by atoms with van der Waals surface area (Å²) in [5, 5.41) is 10.4. The van der Waals surface area contributed by atoms with Gasteiger partial charge in [0.05, 0.1) is 15.4 Å². The first-order chi connectivity index (χ1) is 8.93. The number of hydrogen-bond acceptors (Lipinski definition) is 4. The first-order valence-corrected chi connectivity index (χ1v) is 7.06. The molecule has 0 aliphatic carbocycles. The lowest BCUT2D eigenvalue weighted by atomic mass is 10.1. The smallest absolute Gasteiger partial charge is 0.259 e. The van der Waals surface area contributed by atoms with E-state index in [-0.39, 0.29) is 11.3 Å². The summed E-state index contributed by atoms with van der Waals surface area (Å²) in [6.45, 7) is 1.12. The highest BCUT2D eigenvalue weighted by atomic mass is 32.2. The number of halogens is 3. The van der Waals surface area contributed by atoms with E-state index < -0.39 is 31.4 Å². The molecule has 1 rings (SSSR count). The molecule has 0 N–H and O–H groups in total. The zero-order valence-corrected chi connectivity index (χ0v) is 11.2. The summed E-state index contributed by atoms with van der Waals surface area (Å²) in [6, 6.07) is 2.44. The molecule has 0 bridgehead atoms. The van der Waals surface area contributed by atoms with Gasteiger partial charge in [0, 0.05) is 19.3 Å². The maximum atomic E-state index is 12.8. The summed E-state index contributed by atoms with van der Waals surface area (Å²) >= 11 is 0. The fourth-order valence-corrected chi connectivity index (χ4v) is 2.37. The standard InChI is InChI=1S/C11H10F3NO4S/c1-7(15(16)17)5-8-3-4-10(20(2,18)19)9(6-8)11(12,13)14/h3-6H,1-2H3. The van der Waals surface area contributed by atoms with Gasteiger partial charge in [-0.1, -0.05) is 6.07 Å². The van der Waals surface area contributed by atoms with E-state index in [1.165, 1.54) is 0 Å². The number of rotatable bonds is 3. The van der Waals surface area contributed by atoms with Crippen LogP contribution in [0.2, 0.25) is 0 Å². The third-order valence-corrected chi connectivity index (χ3v) is 3.53. The molecule has 1 aromatic rings. The van der Waals surface area contributed by atoms with E-state index in [9.17, 15) is 31.7 Å². The molecule has 0 radical (unpaired) electrons. The number of nitro groups is 1. The quantitative estimate of drug-likeness (QED) is 0.635. The van der Waals surface area contributed by atoms with Crippen LogP contribution in [0.3, 0.4) is 0 Å². The molecule has 110 valence electrons. The number of sulfone groups is 1. The molecule has 9 heteroatoms. The fraction of sp³-hybridized carbons (Fsp3) is 0.273. The van der Waals surface area contributed by atoms with Crippen molar-refractivity contribution in [1.82, 2.24) is 0 Å². The van der Waals surface area contributed by atoms with Crippen molar-refractivity contribution < 1.29 is 26.5 Å². The average molecular weight is 309 g/mol. The maximum Gasteiger partial charge on any atom is 0.417 e. The third kappa shape index (κ3) is 3.80. The van der Waals surface area contributed by atoms with Crippen molar-refractivity contribution in [3.63, 3.8) is 0 Å². The van der Waals surface area contributed by atoms with Crippen molar-refractivity contribution in [2.45, 2.75) is 18.0 Å². The molecule has 0 atom stereocenters. The second-order valence-corrected chi connectivity index (χ2v) is 6.05. The Morgan fingerprint density at radius 2 is 1.90 bits per heavy atom. The van der Waals surface area contributed by atoms with Gasteiger partial charge >= 0.3 is 6.18 Å². The van der Waals surface area contributed by atoms with Crippen molar-refractivity contribution in [3.8, 4) is 0 Å². The molecule has 0 aromatic heterocycles. The van der Waals surface area contributed by atoms with Crippen molar-refractivity contribution in [2.75, 3.05) is 6.26 Å². The Bertz CT molecular complexity index is 677. The molecule has 0 heterocycles. The number of nitrogens with zero attached hydrogens (tertiary/aromatic N) is 1. The summed E-state index contributed by atoms with van der Waals surface area (Å²) in [5.74, 6) is 0. The van der Waals surface area contributed by atoms with E-state index in [1.807, 2.05) is 0 Å². The van der Waals surface area contributed by atoms with Gasteiger partial charge in [0.15, 0.2) is 9.84 Å². The van der Waals surface area contributed by atoms with Crippen LogP contribution in [0, 0.1) is 10.1 Å². The minimum absolute atomic E-state index is 0.0982. The van der Waals surface area contributed by atoms with E-state index in [1.54, 1.807) is 0 Å². The Balaban J connectivity index is 3.52. The largest absolute Gasteiger partial charge is 0.417 e. The monoisotopic (exact) mass is 309 g/mol. The van der Waals surface area contributed by atoms with Crippen LogP contribution in [-0.2, 0) is 16.0 Å². The van der Waals surface area contributed by atoms with E-state index in [0.717, 1.165) is 25.1 Å². The molecule has 0 fully saturated rings. The summed E-state index contributed by atoms with van der Waals surface area (Å²) in [5.41, 5.74) is -1.80. The predicted molar refractivity (Wildman–Crippen MR) is 65.2 cm³/mol. The molecule has 20 heavy (non-hydrogen) atoms. The number of benzene rings is 1. The Morgan fingerprint density at radius 1 is 1.35 bits per heavy atom. The van der Waals surface area contributed by atoms with Crippen LogP contribution in [0.1, 0.15) is 18.1 Å². The lowest BCUT2D eigenvalue weighted by Crippen LogP contribution is -2.12. The third-order valence-electron chi connectivity index (χ3n) is 2.37. The SMILES string of the molecule is CC(=Cc1ccc(S(C)(=O)=O)c(C(F)(F)F)c1)[N+](=O)[O-]. The second-order valence-electron chi connectivity index (χ2n) is 4.07. The maximum absolute atomic E-state index is 12.8. The fourth-order valence-electron chi connectivity index (χ4n) is 1.48. The molecule has 0 aliphatic rings. The van der Waals surface area contributed by atoms with Gasteiger partial charge in [-0.3, -0.25) is 10.1 Å². The van der Waals surface area contributed by atoms with Gasteiger partial charge in [-0.2, -0.15) is 13.2 Å². The molecule has 0 aliphatic heterocycles. The van der Waals surface area contributed by atoms with E-state index in [2.05, 4.69) is 0 Å². The van der Waals surface area contributed by atoms with Gasteiger partial charge in [0.1, 0.15) is 0 Å². The molecular formula is C11H10F3NO4S. The van der Waals surface area contributed by atoms with Crippen molar-refractivity contribution in [2.24, 2.45) is 0 Å². The van der Waals surface area contributed by atoms with E-state index in [0.29, 0.717) is 12.3 Å². The molecule has 0 unspecified atom stereocenters. The lowest BCUT2D eigenvalue weighted by Gasteiger charge is -2.12. The van der Waals surface area contributed by atoms with Gasteiger partial charge < -0.3 is 0 Å². The lowest BCUT2D eigenvalue weighted by molar-refractivity contribution is -0.422. The van der Waals surface area contributed by atoms with Gasteiger partial charge in [0.25, 0.3) is 0 Å².